The highest BCUT2D eigenvalue weighted by molar-refractivity contribution is 5.91. The molecule has 1 aliphatic heterocycles. The molecule has 1 fully saturated rings. The number of aldehydes is 1. The summed E-state index contributed by atoms with van der Waals surface area (Å²) in [6.45, 7) is 12.3. The molecule has 0 saturated carbocycles. The molecule has 5 N–H and O–H groups in total. The monoisotopic (exact) mass is 782 g/mol. The predicted octanol–water partition coefficient (Wildman–Crippen LogP) is 3.52. The van der Waals surface area contributed by atoms with Gasteiger partial charge in [-0.3, -0.25) is 24.0 Å². The Hall–Kier alpha value is -4.57. The van der Waals surface area contributed by atoms with E-state index in [4.69, 9.17) is 15.3 Å². The molecule has 1 aliphatic rings. The molecule has 4 amide bonds. The van der Waals surface area contributed by atoms with Gasteiger partial charge in [-0.05, 0) is 77.5 Å². The summed E-state index contributed by atoms with van der Waals surface area (Å²) in [4.78, 5) is 82.1. The van der Waals surface area contributed by atoms with Crippen molar-refractivity contribution in [3.63, 3.8) is 0 Å². The third-order valence-electron chi connectivity index (χ3n) is 8.18. The minimum Gasteiger partial charge on any atom is -0.464 e. The van der Waals surface area contributed by atoms with Crippen LogP contribution < -0.4 is 21.7 Å². The lowest BCUT2D eigenvalue weighted by molar-refractivity contribution is -0.150. The van der Waals surface area contributed by atoms with Crippen LogP contribution in [0, 0.1) is 0 Å². The summed E-state index contributed by atoms with van der Waals surface area (Å²) in [6, 6.07) is -2.31. The maximum Gasteiger partial charge on any atom is 0.323 e. The summed E-state index contributed by atoms with van der Waals surface area (Å²) in [5.74, 6) is -2.99. The lowest BCUT2D eigenvalue weighted by Crippen LogP contribution is -2.52. The van der Waals surface area contributed by atoms with E-state index in [-0.39, 0.29) is 56.1 Å². The largest absolute Gasteiger partial charge is 0.464 e. The number of rotatable bonds is 24. The molecule has 0 aliphatic carbocycles. The summed E-state index contributed by atoms with van der Waals surface area (Å²) < 4.78 is 30.4. The van der Waals surface area contributed by atoms with Crippen LogP contribution in [0.5, 0.6) is 0 Å². The molecular formula is C39H64F2N6O8. The number of esters is 1. The minimum atomic E-state index is -0.989. The average Bonchev–Trinajstić information content (AvgIpc) is 3.72. The molecule has 312 valence electrons. The van der Waals surface area contributed by atoms with Crippen molar-refractivity contribution in [2.45, 2.75) is 117 Å². The van der Waals surface area contributed by atoms with E-state index in [1.807, 2.05) is 12.9 Å². The van der Waals surface area contributed by atoms with E-state index in [1.54, 1.807) is 32.9 Å². The molecule has 14 nitrogen and oxygen atoms in total. The normalized spacial score (nSPS) is 15.8. The van der Waals surface area contributed by atoms with Gasteiger partial charge in [0.25, 0.3) is 0 Å². The Balaban J connectivity index is 0. The second-order valence-electron chi connectivity index (χ2n) is 12.6. The molecule has 16 heteroatoms. The number of allylic oxidation sites excluding steroid dienone is 5. The lowest BCUT2D eigenvalue weighted by atomic mass is 10.0. The number of nitrogens with zero attached hydrogens (tertiary/aromatic N) is 2. The SMILES string of the molecule is C=O.CCC(C(=O)N(C)CC(=O)NC(C)C=O)N(CC)C(=O)CCOC(=O)C1CCCN1.C\C=C/C(=C\C(F)=C\F)C[C@H](NC/C=C/CCCCC)C(N)=O. The highest BCUT2D eigenvalue weighted by atomic mass is 19.2. The van der Waals surface area contributed by atoms with Gasteiger partial charge in [0.1, 0.15) is 38.1 Å². The lowest BCUT2D eigenvalue weighted by Gasteiger charge is -2.32. The quantitative estimate of drug-likeness (QED) is 0.0370. The van der Waals surface area contributed by atoms with Crippen LogP contribution in [0.4, 0.5) is 8.78 Å². The first-order valence-electron chi connectivity index (χ1n) is 18.7. The smallest absolute Gasteiger partial charge is 0.323 e. The van der Waals surface area contributed by atoms with Gasteiger partial charge < -0.3 is 45.8 Å². The van der Waals surface area contributed by atoms with Crippen molar-refractivity contribution in [3.05, 3.63) is 48.1 Å². The first-order chi connectivity index (χ1) is 26.3. The number of halogens is 2. The van der Waals surface area contributed by atoms with E-state index < -0.39 is 35.8 Å². The molecule has 4 atom stereocenters. The van der Waals surface area contributed by atoms with E-state index in [9.17, 15) is 37.5 Å². The maximum atomic E-state index is 13.0. The molecule has 0 aromatic carbocycles. The van der Waals surface area contributed by atoms with Gasteiger partial charge in [0, 0.05) is 20.1 Å². The van der Waals surface area contributed by atoms with Crippen LogP contribution in [0.1, 0.15) is 92.4 Å². The van der Waals surface area contributed by atoms with Gasteiger partial charge >= 0.3 is 5.97 Å². The third kappa shape index (κ3) is 23.7. The first-order valence-corrected chi connectivity index (χ1v) is 18.7. The number of likely N-dealkylation sites (N-methyl/N-ethyl adjacent to an activating group) is 2. The van der Waals surface area contributed by atoms with Gasteiger partial charge in [-0.15, -0.1) is 0 Å². The number of nitrogens with one attached hydrogen (secondary N) is 3. The molecule has 0 radical (unpaired) electrons. The van der Waals surface area contributed by atoms with Gasteiger partial charge in [0.15, 0.2) is 5.83 Å². The van der Waals surface area contributed by atoms with Crippen LogP contribution in [0.15, 0.2) is 48.1 Å². The van der Waals surface area contributed by atoms with Crippen molar-refractivity contribution in [2.24, 2.45) is 5.73 Å². The number of ether oxygens (including phenoxy) is 1. The van der Waals surface area contributed by atoms with Gasteiger partial charge in [0.05, 0.1) is 25.0 Å². The van der Waals surface area contributed by atoms with Crippen molar-refractivity contribution < 1.29 is 47.1 Å². The zero-order valence-electron chi connectivity index (χ0n) is 33.5. The maximum absolute atomic E-state index is 13.0. The van der Waals surface area contributed by atoms with Crippen LogP contribution in [0.2, 0.25) is 0 Å². The predicted molar refractivity (Wildman–Crippen MR) is 209 cm³/mol. The number of amides is 4. The fourth-order valence-electron chi connectivity index (χ4n) is 5.38. The van der Waals surface area contributed by atoms with Crippen LogP contribution in [-0.4, -0.2) is 116 Å². The number of nitrogens with two attached hydrogens (primary N) is 1. The summed E-state index contributed by atoms with van der Waals surface area (Å²) in [5, 5.41) is 8.53. The zero-order valence-corrected chi connectivity index (χ0v) is 33.5. The Morgan fingerprint density at radius 3 is 2.33 bits per heavy atom. The van der Waals surface area contributed by atoms with Crippen molar-refractivity contribution in [1.29, 1.82) is 0 Å². The van der Waals surface area contributed by atoms with Crippen molar-refractivity contribution >= 4 is 42.7 Å². The number of carbonyl (C=O) groups excluding carboxylic acids is 7. The Morgan fingerprint density at radius 2 is 1.80 bits per heavy atom. The molecule has 3 unspecified atom stereocenters. The van der Waals surface area contributed by atoms with Gasteiger partial charge in [-0.2, -0.15) is 0 Å². The molecule has 1 rings (SSSR count). The topological polar surface area (TPSA) is 197 Å². The Kier molecular flexibility index (Phi) is 31.4. The van der Waals surface area contributed by atoms with Crippen LogP contribution in [-0.2, 0) is 38.3 Å². The summed E-state index contributed by atoms with van der Waals surface area (Å²) in [6.07, 6.45) is 15.6. The highest BCUT2D eigenvalue weighted by Crippen LogP contribution is 2.14. The fraction of sp³-hybridized carbons (Fsp3) is 0.615. The van der Waals surface area contributed by atoms with Crippen LogP contribution >= 0.6 is 0 Å². The summed E-state index contributed by atoms with van der Waals surface area (Å²) in [7, 11) is 1.48. The van der Waals surface area contributed by atoms with E-state index in [2.05, 4.69) is 29.0 Å². The number of unbranched alkanes of at least 4 members (excludes halogenated alkanes) is 3. The molecule has 55 heavy (non-hydrogen) atoms. The molecule has 1 saturated heterocycles. The van der Waals surface area contributed by atoms with Gasteiger partial charge in [0.2, 0.25) is 23.6 Å². The number of hydrogen-bond acceptors (Lipinski definition) is 10. The number of hydrogen-bond donors (Lipinski definition) is 4. The van der Waals surface area contributed by atoms with Crippen molar-refractivity contribution in [2.75, 3.05) is 39.8 Å². The number of carbonyl (C=O) groups is 7. The zero-order chi connectivity index (χ0) is 42.2. The van der Waals surface area contributed by atoms with E-state index in [1.165, 1.54) is 36.6 Å². The molecule has 0 aromatic heterocycles. The molecule has 0 bridgehead atoms. The van der Waals surface area contributed by atoms with E-state index in [0.29, 0.717) is 31.4 Å². The Labute approximate surface area is 325 Å². The standard InChI is InChI=1S/C20H34N4O6.C18H28F2N2O.CH2O/c1-5-16(19(28)23(4)12-17(26)22-14(3)13-25)24(6-2)18(27)9-11-30-20(29)15-8-7-10-21-15;1-3-5-6-7-8-9-11-22-17(18(21)23)13-15(10-4-2)12-16(20)14-19;1-2/h13-16,21H,5-12H2,1-4H3,(H,22,26);4,8-10,12,14,17,22H,3,5-7,11,13H2,1-2H3,(H2,21,23);1H2/b;9-8+,10-4-,15-12+,16-14-;/t;17-;/m.0./s1. The molecular weight excluding hydrogens is 718 g/mol. The highest BCUT2D eigenvalue weighted by Gasteiger charge is 2.31. The molecule has 0 aromatic rings. The van der Waals surface area contributed by atoms with Gasteiger partial charge in [-0.25, -0.2) is 8.78 Å². The average molecular weight is 783 g/mol. The minimum absolute atomic E-state index is 0.0167. The van der Waals surface area contributed by atoms with Crippen LogP contribution in [0.3, 0.4) is 0 Å². The van der Waals surface area contributed by atoms with Crippen molar-refractivity contribution in [1.82, 2.24) is 25.8 Å². The second kappa shape index (κ2) is 32.8. The van der Waals surface area contributed by atoms with E-state index in [0.717, 1.165) is 38.3 Å². The first kappa shape index (κ1) is 52.5. The van der Waals surface area contributed by atoms with Crippen molar-refractivity contribution in [3.8, 4) is 0 Å². The van der Waals surface area contributed by atoms with Gasteiger partial charge in [-0.1, -0.05) is 51.0 Å². The summed E-state index contributed by atoms with van der Waals surface area (Å²) in [5.41, 5.74) is 5.85. The fourth-order valence-corrected chi connectivity index (χ4v) is 5.38. The molecule has 0 spiro atoms. The molecule has 1 heterocycles. The Bertz CT molecular complexity index is 1290. The second-order valence-corrected chi connectivity index (χ2v) is 12.6. The summed E-state index contributed by atoms with van der Waals surface area (Å²) >= 11 is 0. The number of primary amides is 1. The van der Waals surface area contributed by atoms with Crippen LogP contribution in [0.25, 0.3) is 0 Å². The third-order valence-corrected chi connectivity index (χ3v) is 8.18. The van der Waals surface area contributed by atoms with E-state index >= 15 is 0 Å². The Morgan fingerprint density at radius 1 is 1.11 bits per heavy atom.